The zero-order chi connectivity index (χ0) is 9.87. The van der Waals surface area contributed by atoms with Crippen LogP contribution in [0, 0.1) is 0 Å². The molecular formula is C9H4O5. The van der Waals surface area contributed by atoms with Crippen molar-refractivity contribution in [2.75, 3.05) is 0 Å². The highest BCUT2D eigenvalue weighted by Gasteiger charge is 2.36. The number of fused-ring (bicyclic) bond motifs is 1. The van der Waals surface area contributed by atoms with Crippen molar-refractivity contribution in [2.45, 2.75) is 6.92 Å². The van der Waals surface area contributed by atoms with Crippen LogP contribution in [-0.4, -0.2) is 11.9 Å². The van der Waals surface area contributed by atoms with E-state index < -0.39 is 11.9 Å². The number of hydrogen-bond donors (Lipinski definition) is 0. The van der Waals surface area contributed by atoms with Crippen molar-refractivity contribution in [2.24, 2.45) is 0 Å². The fourth-order valence-corrected chi connectivity index (χ4v) is 1.52. The fourth-order valence-electron chi connectivity index (χ4n) is 1.52. The summed E-state index contributed by atoms with van der Waals surface area (Å²) in [6.07, 6.45) is 0. The number of ether oxygens (including phenoxy) is 2. The summed E-state index contributed by atoms with van der Waals surface area (Å²) < 4.78 is 14.9. The normalized spacial score (nSPS) is 13.6. The molecule has 0 saturated carbocycles. The van der Waals surface area contributed by atoms with Gasteiger partial charge in [0.05, 0.1) is 0 Å². The van der Waals surface area contributed by atoms with E-state index in [1.54, 1.807) is 0 Å². The number of rotatable bonds is 1. The molecule has 5 nitrogen and oxygen atoms in total. The molecule has 0 aliphatic carbocycles. The Morgan fingerprint density at radius 2 is 2.29 bits per heavy atom. The lowest BCUT2D eigenvalue weighted by atomic mass is 10.2. The smallest absolute Gasteiger partial charge is 0.347 e. The topological polar surface area (TPSA) is 65.7 Å². The van der Waals surface area contributed by atoms with Gasteiger partial charge in [0.25, 0.3) is 0 Å². The molecule has 0 unspecified atom stereocenters. The third kappa shape index (κ3) is 0.693. The molecule has 1 aliphatic rings. The molecule has 3 heterocycles. The Morgan fingerprint density at radius 3 is 3.00 bits per heavy atom. The second kappa shape index (κ2) is 2.06. The summed E-state index contributed by atoms with van der Waals surface area (Å²) >= 11 is 0. The zero-order valence-electron chi connectivity index (χ0n) is 7.12. The molecular weight excluding hydrogens is 188 g/mol. The maximum Gasteiger partial charge on any atom is 0.347 e. The number of esters is 2. The number of hydrogen-bond acceptors (Lipinski definition) is 5. The second-order valence-electron chi connectivity index (χ2n) is 2.99. The van der Waals surface area contributed by atoms with Crippen LogP contribution < -0.4 is 9.47 Å². The summed E-state index contributed by atoms with van der Waals surface area (Å²) in [5.41, 5.74) is 1.12. The van der Waals surface area contributed by atoms with Crippen LogP contribution in [0.15, 0.2) is 10.5 Å². The van der Waals surface area contributed by atoms with Crippen molar-refractivity contribution in [3.8, 4) is 11.5 Å². The van der Waals surface area contributed by atoms with Crippen molar-refractivity contribution in [3.63, 3.8) is 0 Å². The Labute approximate surface area is 77.5 Å². The first-order valence-electron chi connectivity index (χ1n) is 3.96. The number of carbonyl (C=O) groups excluding carboxylic acids is 2. The molecule has 0 aromatic carbocycles. The number of furan rings is 2. The molecule has 2 aromatic heterocycles. The molecule has 0 spiro atoms. The summed E-state index contributed by atoms with van der Waals surface area (Å²) in [6.45, 7) is 1.27. The van der Waals surface area contributed by atoms with Gasteiger partial charge in [-0.3, -0.25) is 4.79 Å². The number of benzene rings is 1. The summed E-state index contributed by atoms with van der Waals surface area (Å²) in [5.74, 6) is -0.526. The molecule has 2 aromatic rings. The Morgan fingerprint density at radius 1 is 1.50 bits per heavy atom. The highest BCUT2D eigenvalue weighted by atomic mass is 16.6. The van der Waals surface area contributed by atoms with Gasteiger partial charge in [-0.2, -0.15) is 0 Å². The van der Waals surface area contributed by atoms with Crippen LogP contribution in [0.3, 0.4) is 0 Å². The van der Waals surface area contributed by atoms with Crippen LogP contribution >= 0.6 is 0 Å². The lowest BCUT2D eigenvalue weighted by Crippen LogP contribution is -2.03. The van der Waals surface area contributed by atoms with Gasteiger partial charge in [-0.05, 0) is 0 Å². The summed E-state index contributed by atoms with van der Waals surface area (Å²) in [5, 5.41) is 0. The maximum atomic E-state index is 11.1. The molecule has 0 radical (unpaired) electrons. The minimum atomic E-state index is -0.477. The Balaban J connectivity index is 2.22. The van der Waals surface area contributed by atoms with Crippen molar-refractivity contribution in [1.29, 1.82) is 0 Å². The van der Waals surface area contributed by atoms with Gasteiger partial charge in [-0.15, -0.1) is 0 Å². The van der Waals surface area contributed by atoms with Crippen molar-refractivity contribution in [1.82, 2.24) is 0 Å². The largest absolute Gasteiger partial charge is 0.448 e. The fraction of sp³-hybridized carbons (Fsp3) is 0.111. The minimum Gasteiger partial charge on any atom is -0.448 e. The molecule has 70 valence electrons. The van der Waals surface area contributed by atoms with Crippen LogP contribution in [0.25, 0.3) is 11.2 Å². The zero-order valence-corrected chi connectivity index (χ0v) is 7.12. The van der Waals surface area contributed by atoms with Crippen molar-refractivity contribution in [3.05, 3.63) is 11.6 Å². The molecule has 3 rings (SSSR count). The quantitative estimate of drug-likeness (QED) is 0.503. The molecule has 1 aliphatic heterocycles. The van der Waals surface area contributed by atoms with E-state index in [4.69, 9.17) is 13.9 Å². The van der Waals surface area contributed by atoms with Gasteiger partial charge < -0.3 is 13.9 Å². The first kappa shape index (κ1) is 7.37. The SMILES string of the molecule is CC(=O)Oc1c2c3oc1cc3C(=O)O2. The van der Waals surface area contributed by atoms with Crippen molar-refractivity contribution < 1.29 is 23.5 Å². The van der Waals surface area contributed by atoms with Crippen LogP contribution in [0.1, 0.15) is 17.3 Å². The lowest BCUT2D eigenvalue weighted by Gasteiger charge is -1.98. The van der Waals surface area contributed by atoms with Gasteiger partial charge in [0, 0.05) is 13.0 Å². The van der Waals surface area contributed by atoms with Gasteiger partial charge in [-0.25, -0.2) is 4.79 Å². The van der Waals surface area contributed by atoms with E-state index in [1.807, 2.05) is 0 Å². The van der Waals surface area contributed by atoms with Crippen molar-refractivity contribution >= 4 is 23.1 Å². The first-order valence-corrected chi connectivity index (χ1v) is 3.96. The average Bonchev–Trinajstić information content (AvgIpc) is 2.67. The minimum absolute atomic E-state index is 0.196. The monoisotopic (exact) mass is 192 g/mol. The van der Waals surface area contributed by atoms with E-state index in [2.05, 4.69) is 0 Å². The Kier molecular flexibility index (Phi) is 1.09. The van der Waals surface area contributed by atoms with Crippen LogP contribution in [0.5, 0.6) is 11.5 Å². The highest BCUT2D eigenvalue weighted by molar-refractivity contribution is 6.10. The lowest BCUT2D eigenvalue weighted by molar-refractivity contribution is -0.131. The third-order valence-corrected chi connectivity index (χ3v) is 2.03. The summed E-state index contributed by atoms with van der Waals surface area (Å²) in [4.78, 5) is 21.9. The molecule has 2 bridgehead atoms. The van der Waals surface area contributed by atoms with Gasteiger partial charge in [0.2, 0.25) is 11.5 Å². The molecule has 0 fully saturated rings. The number of carbonyl (C=O) groups is 2. The van der Waals surface area contributed by atoms with E-state index in [0.717, 1.165) is 0 Å². The third-order valence-electron chi connectivity index (χ3n) is 2.03. The van der Waals surface area contributed by atoms with Crippen LogP contribution in [-0.2, 0) is 4.79 Å². The molecule has 0 N–H and O–H groups in total. The highest BCUT2D eigenvalue weighted by Crippen LogP contribution is 2.48. The van der Waals surface area contributed by atoms with E-state index in [9.17, 15) is 9.59 Å². The molecule has 5 heteroatoms. The molecule has 0 amide bonds. The Bertz CT molecular complexity index is 550. The summed E-state index contributed by atoms with van der Waals surface area (Å²) in [7, 11) is 0. The first-order chi connectivity index (χ1) is 6.66. The standard InChI is InChI=1S/C9H4O5/c1-3(10)12-7-5-2-4-6(13-5)8(7)14-9(4)11/h2H,1H3. The predicted molar refractivity (Wildman–Crippen MR) is 43.7 cm³/mol. The predicted octanol–water partition coefficient (Wildman–Crippen LogP) is 1.33. The molecule has 0 atom stereocenters. The second-order valence-corrected chi connectivity index (χ2v) is 2.99. The average molecular weight is 192 g/mol. The van der Waals surface area contributed by atoms with E-state index >= 15 is 0 Å². The molecule has 14 heavy (non-hydrogen) atoms. The molecule has 0 saturated heterocycles. The Hall–Kier alpha value is -2.04. The van der Waals surface area contributed by atoms with Gasteiger partial charge in [0.1, 0.15) is 5.56 Å². The maximum absolute atomic E-state index is 11.1. The van der Waals surface area contributed by atoms with Gasteiger partial charge in [-0.1, -0.05) is 0 Å². The van der Waals surface area contributed by atoms with Gasteiger partial charge in [0.15, 0.2) is 11.2 Å². The van der Waals surface area contributed by atoms with E-state index in [1.165, 1.54) is 13.0 Å². The van der Waals surface area contributed by atoms with Crippen LogP contribution in [0.2, 0.25) is 0 Å². The van der Waals surface area contributed by atoms with E-state index in [-0.39, 0.29) is 11.5 Å². The van der Waals surface area contributed by atoms with Crippen LogP contribution in [0.4, 0.5) is 0 Å². The summed E-state index contributed by atoms with van der Waals surface area (Å²) in [6, 6.07) is 1.51. The van der Waals surface area contributed by atoms with E-state index in [0.29, 0.717) is 16.7 Å². The van der Waals surface area contributed by atoms with Gasteiger partial charge >= 0.3 is 11.9 Å².